The molecule has 0 heterocycles. The Labute approximate surface area is 88.0 Å². The van der Waals surface area contributed by atoms with E-state index in [2.05, 4.69) is 0 Å². The van der Waals surface area contributed by atoms with E-state index in [0.29, 0.717) is 17.9 Å². The quantitative estimate of drug-likeness (QED) is 0.605. The van der Waals surface area contributed by atoms with Crippen molar-refractivity contribution in [1.82, 2.24) is 0 Å². The van der Waals surface area contributed by atoms with Crippen LogP contribution in [-0.2, 0) is 0 Å². The van der Waals surface area contributed by atoms with Crippen molar-refractivity contribution in [2.45, 2.75) is 19.9 Å². The SMILES string of the molecule is Cc1cc(OCC(C)N)ccc1[N+](=O)[O-]. The molecular weight excluding hydrogens is 196 g/mol. The van der Waals surface area contributed by atoms with E-state index in [-0.39, 0.29) is 11.7 Å². The summed E-state index contributed by atoms with van der Waals surface area (Å²) in [6.07, 6.45) is 0. The third-order valence-electron chi connectivity index (χ3n) is 1.88. The van der Waals surface area contributed by atoms with Gasteiger partial charge in [-0.15, -0.1) is 0 Å². The van der Waals surface area contributed by atoms with Crippen LogP contribution in [0, 0.1) is 17.0 Å². The molecule has 0 fully saturated rings. The lowest BCUT2D eigenvalue weighted by Gasteiger charge is -2.09. The first-order valence-electron chi connectivity index (χ1n) is 4.64. The number of nitro groups is 1. The van der Waals surface area contributed by atoms with Crippen molar-refractivity contribution in [2.24, 2.45) is 5.73 Å². The minimum absolute atomic E-state index is 0.0551. The van der Waals surface area contributed by atoms with Crippen LogP contribution in [0.3, 0.4) is 0 Å². The monoisotopic (exact) mass is 210 g/mol. The summed E-state index contributed by atoms with van der Waals surface area (Å²) >= 11 is 0. The van der Waals surface area contributed by atoms with E-state index < -0.39 is 4.92 Å². The number of nitro benzene ring substituents is 1. The van der Waals surface area contributed by atoms with Crippen molar-refractivity contribution in [3.63, 3.8) is 0 Å². The van der Waals surface area contributed by atoms with E-state index in [1.54, 1.807) is 19.1 Å². The second-order valence-electron chi connectivity index (χ2n) is 3.49. The Bertz CT molecular complexity index is 364. The predicted molar refractivity (Wildman–Crippen MR) is 57.0 cm³/mol. The number of nitrogens with two attached hydrogens (primary N) is 1. The Balaban J connectivity index is 2.78. The topological polar surface area (TPSA) is 78.4 Å². The van der Waals surface area contributed by atoms with Gasteiger partial charge < -0.3 is 10.5 Å². The summed E-state index contributed by atoms with van der Waals surface area (Å²) in [5.74, 6) is 0.607. The molecule has 82 valence electrons. The number of rotatable bonds is 4. The molecule has 0 saturated carbocycles. The molecule has 1 aromatic carbocycles. The van der Waals surface area contributed by atoms with Crippen molar-refractivity contribution < 1.29 is 9.66 Å². The van der Waals surface area contributed by atoms with Gasteiger partial charge in [-0.25, -0.2) is 0 Å². The van der Waals surface area contributed by atoms with E-state index >= 15 is 0 Å². The van der Waals surface area contributed by atoms with E-state index in [4.69, 9.17) is 10.5 Å². The van der Waals surface area contributed by atoms with Crippen LogP contribution in [0.4, 0.5) is 5.69 Å². The van der Waals surface area contributed by atoms with Gasteiger partial charge in [0.25, 0.3) is 5.69 Å². The van der Waals surface area contributed by atoms with Gasteiger partial charge in [-0.1, -0.05) is 0 Å². The fraction of sp³-hybridized carbons (Fsp3) is 0.400. The molecule has 0 bridgehead atoms. The third-order valence-corrected chi connectivity index (χ3v) is 1.88. The smallest absolute Gasteiger partial charge is 0.272 e. The number of ether oxygens (including phenoxy) is 1. The molecule has 0 radical (unpaired) electrons. The van der Waals surface area contributed by atoms with Crippen LogP contribution in [-0.4, -0.2) is 17.6 Å². The highest BCUT2D eigenvalue weighted by molar-refractivity contribution is 5.44. The van der Waals surface area contributed by atoms with Crippen LogP contribution in [0.5, 0.6) is 5.75 Å². The Morgan fingerprint density at radius 2 is 2.27 bits per heavy atom. The predicted octanol–water partition coefficient (Wildman–Crippen LogP) is 1.63. The fourth-order valence-corrected chi connectivity index (χ4v) is 1.15. The molecule has 15 heavy (non-hydrogen) atoms. The van der Waals surface area contributed by atoms with Crippen molar-refractivity contribution >= 4 is 5.69 Å². The summed E-state index contributed by atoms with van der Waals surface area (Å²) < 4.78 is 5.34. The second-order valence-corrected chi connectivity index (χ2v) is 3.49. The molecule has 5 heteroatoms. The zero-order valence-corrected chi connectivity index (χ0v) is 8.77. The second kappa shape index (κ2) is 4.75. The van der Waals surface area contributed by atoms with Crippen LogP contribution in [0.15, 0.2) is 18.2 Å². The van der Waals surface area contributed by atoms with Gasteiger partial charge in [0.15, 0.2) is 0 Å². The van der Waals surface area contributed by atoms with Crippen molar-refractivity contribution in [3.05, 3.63) is 33.9 Å². The molecule has 2 N–H and O–H groups in total. The average Bonchev–Trinajstić information content (AvgIpc) is 2.14. The van der Waals surface area contributed by atoms with Gasteiger partial charge in [0.05, 0.1) is 4.92 Å². The summed E-state index contributed by atoms with van der Waals surface area (Å²) in [5, 5.41) is 10.5. The maximum Gasteiger partial charge on any atom is 0.272 e. The number of nitrogens with zero attached hydrogens (tertiary/aromatic N) is 1. The number of aryl methyl sites for hydroxylation is 1. The summed E-state index contributed by atoms with van der Waals surface area (Å²) in [4.78, 5) is 10.1. The minimum Gasteiger partial charge on any atom is -0.492 e. The zero-order chi connectivity index (χ0) is 11.4. The van der Waals surface area contributed by atoms with Crippen LogP contribution >= 0.6 is 0 Å². The van der Waals surface area contributed by atoms with Gasteiger partial charge in [-0.05, 0) is 26.0 Å². The molecule has 1 unspecified atom stereocenters. The number of hydrogen-bond acceptors (Lipinski definition) is 4. The fourth-order valence-electron chi connectivity index (χ4n) is 1.15. The Morgan fingerprint density at radius 1 is 1.60 bits per heavy atom. The van der Waals surface area contributed by atoms with Crippen LogP contribution in [0.25, 0.3) is 0 Å². The number of benzene rings is 1. The first kappa shape index (κ1) is 11.5. The first-order valence-corrected chi connectivity index (χ1v) is 4.64. The average molecular weight is 210 g/mol. The summed E-state index contributed by atoms with van der Waals surface area (Å²) in [6, 6.07) is 4.60. The highest BCUT2D eigenvalue weighted by Crippen LogP contribution is 2.22. The van der Waals surface area contributed by atoms with E-state index in [9.17, 15) is 10.1 Å². The normalized spacial score (nSPS) is 12.2. The molecule has 0 aliphatic rings. The molecule has 0 saturated heterocycles. The highest BCUT2D eigenvalue weighted by Gasteiger charge is 2.10. The van der Waals surface area contributed by atoms with Crippen molar-refractivity contribution in [1.29, 1.82) is 0 Å². The number of hydrogen-bond donors (Lipinski definition) is 1. The maximum absolute atomic E-state index is 10.5. The van der Waals surface area contributed by atoms with Crippen molar-refractivity contribution in [3.8, 4) is 5.75 Å². The lowest BCUT2D eigenvalue weighted by molar-refractivity contribution is -0.385. The molecule has 0 aromatic heterocycles. The lowest BCUT2D eigenvalue weighted by atomic mass is 10.2. The zero-order valence-electron chi connectivity index (χ0n) is 8.77. The van der Waals surface area contributed by atoms with Gasteiger partial charge in [-0.3, -0.25) is 10.1 Å². The standard InChI is InChI=1S/C10H14N2O3/c1-7-5-9(15-6-8(2)11)3-4-10(7)12(13)14/h3-5,8H,6,11H2,1-2H3. The molecule has 0 spiro atoms. The molecule has 1 aromatic rings. The summed E-state index contributed by atoms with van der Waals surface area (Å²) in [7, 11) is 0. The molecular formula is C10H14N2O3. The Morgan fingerprint density at radius 3 is 2.73 bits per heavy atom. The molecule has 0 aliphatic heterocycles. The highest BCUT2D eigenvalue weighted by atomic mass is 16.6. The van der Waals surface area contributed by atoms with Gasteiger partial charge in [0, 0.05) is 17.7 Å². The molecule has 1 atom stereocenters. The Kier molecular flexibility index (Phi) is 3.62. The van der Waals surface area contributed by atoms with Gasteiger partial charge in [0.1, 0.15) is 12.4 Å². The first-order chi connectivity index (χ1) is 7.00. The van der Waals surface area contributed by atoms with Crippen LogP contribution in [0.2, 0.25) is 0 Å². The van der Waals surface area contributed by atoms with Crippen molar-refractivity contribution in [2.75, 3.05) is 6.61 Å². The maximum atomic E-state index is 10.5. The van der Waals surface area contributed by atoms with Crippen LogP contribution < -0.4 is 10.5 Å². The lowest BCUT2D eigenvalue weighted by Crippen LogP contribution is -2.23. The largest absolute Gasteiger partial charge is 0.492 e. The van der Waals surface area contributed by atoms with Crippen LogP contribution in [0.1, 0.15) is 12.5 Å². The summed E-state index contributed by atoms with van der Waals surface area (Å²) in [6.45, 7) is 3.91. The van der Waals surface area contributed by atoms with E-state index in [1.807, 2.05) is 6.92 Å². The van der Waals surface area contributed by atoms with E-state index in [0.717, 1.165) is 0 Å². The van der Waals surface area contributed by atoms with Gasteiger partial charge in [-0.2, -0.15) is 0 Å². The Hall–Kier alpha value is -1.62. The molecule has 5 nitrogen and oxygen atoms in total. The minimum atomic E-state index is -0.412. The molecule has 1 rings (SSSR count). The van der Waals surface area contributed by atoms with Gasteiger partial charge in [0.2, 0.25) is 0 Å². The van der Waals surface area contributed by atoms with Gasteiger partial charge >= 0.3 is 0 Å². The van der Waals surface area contributed by atoms with E-state index in [1.165, 1.54) is 6.07 Å². The summed E-state index contributed by atoms with van der Waals surface area (Å²) in [5.41, 5.74) is 6.21. The molecule has 0 amide bonds. The third kappa shape index (κ3) is 3.21. The molecule has 0 aliphatic carbocycles.